The lowest BCUT2D eigenvalue weighted by Crippen LogP contribution is -2.20. The highest BCUT2D eigenvalue weighted by molar-refractivity contribution is 7.16. The lowest BCUT2D eigenvalue weighted by Gasteiger charge is -2.07. The molecule has 0 fully saturated rings. The van der Waals surface area contributed by atoms with Crippen molar-refractivity contribution in [3.8, 4) is 0 Å². The van der Waals surface area contributed by atoms with Gasteiger partial charge in [-0.25, -0.2) is 0 Å². The number of aromatic nitrogens is 1. The van der Waals surface area contributed by atoms with Gasteiger partial charge in [-0.1, -0.05) is 52.2 Å². The molecule has 0 N–H and O–H groups in total. The number of benzene rings is 2. The molecule has 0 atom stereocenters. The van der Waals surface area contributed by atoms with E-state index in [-0.39, 0.29) is 5.91 Å². The van der Waals surface area contributed by atoms with Crippen LogP contribution in [0.4, 0.5) is 0 Å². The molecule has 7 heteroatoms. The molecule has 0 bridgehead atoms. The van der Waals surface area contributed by atoms with Gasteiger partial charge in [-0.2, -0.15) is 4.99 Å². The summed E-state index contributed by atoms with van der Waals surface area (Å²) in [6.45, 7) is 5.60. The van der Waals surface area contributed by atoms with Gasteiger partial charge in [-0.3, -0.25) is 4.79 Å². The minimum atomic E-state index is -0.288. The van der Waals surface area contributed by atoms with Crippen LogP contribution in [0.15, 0.2) is 41.4 Å². The van der Waals surface area contributed by atoms with Crippen molar-refractivity contribution in [3.63, 3.8) is 0 Å². The SMILES string of the molecule is CCOCCn1c(=NC(=O)c2ccc(C)cc2)sc2cc(Cl)cc(Cl)c21. The maximum Gasteiger partial charge on any atom is 0.279 e. The predicted octanol–water partition coefficient (Wildman–Crippen LogP) is 5.10. The highest BCUT2D eigenvalue weighted by Crippen LogP contribution is 2.29. The number of hydrogen-bond donors (Lipinski definition) is 0. The molecule has 3 rings (SSSR count). The number of nitrogens with zero attached hydrogens (tertiary/aromatic N) is 2. The number of aryl methyl sites for hydroxylation is 1. The largest absolute Gasteiger partial charge is 0.380 e. The molecule has 0 aliphatic rings. The number of halogens is 2. The zero-order valence-corrected chi connectivity index (χ0v) is 16.8. The quantitative estimate of drug-likeness (QED) is 0.551. The highest BCUT2D eigenvalue weighted by atomic mass is 35.5. The zero-order chi connectivity index (χ0) is 18.7. The minimum absolute atomic E-state index is 0.288. The molecule has 26 heavy (non-hydrogen) atoms. The van der Waals surface area contributed by atoms with Crippen LogP contribution >= 0.6 is 34.5 Å². The average Bonchev–Trinajstić information content (AvgIpc) is 2.93. The van der Waals surface area contributed by atoms with E-state index in [1.165, 1.54) is 11.3 Å². The van der Waals surface area contributed by atoms with Crippen LogP contribution in [-0.4, -0.2) is 23.7 Å². The molecule has 0 saturated carbocycles. The van der Waals surface area contributed by atoms with Crippen LogP contribution in [-0.2, 0) is 11.3 Å². The van der Waals surface area contributed by atoms with Gasteiger partial charge in [0.1, 0.15) is 0 Å². The van der Waals surface area contributed by atoms with Crippen LogP contribution < -0.4 is 4.80 Å². The Kier molecular flexibility index (Phi) is 6.14. The van der Waals surface area contributed by atoms with Gasteiger partial charge in [0, 0.05) is 23.7 Å². The monoisotopic (exact) mass is 408 g/mol. The van der Waals surface area contributed by atoms with Crippen molar-refractivity contribution in [2.24, 2.45) is 4.99 Å². The first-order valence-corrected chi connectivity index (χ1v) is 9.78. The van der Waals surface area contributed by atoms with Gasteiger partial charge in [-0.05, 0) is 38.1 Å². The fourth-order valence-electron chi connectivity index (χ4n) is 2.57. The number of amides is 1. The van der Waals surface area contributed by atoms with E-state index in [1.807, 2.05) is 36.6 Å². The van der Waals surface area contributed by atoms with Gasteiger partial charge in [-0.15, -0.1) is 0 Å². The lowest BCUT2D eigenvalue weighted by molar-refractivity contribution is 0.0996. The van der Waals surface area contributed by atoms with E-state index in [0.29, 0.717) is 40.2 Å². The predicted molar refractivity (Wildman–Crippen MR) is 107 cm³/mol. The number of carbonyl (C=O) groups excluding carboxylic acids is 1. The van der Waals surface area contributed by atoms with Crippen molar-refractivity contribution >= 4 is 50.7 Å². The Hall–Kier alpha value is -1.66. The van der Waals surface area contributed by atoms with Gasteiger partial charge >= 0.3 is 0 Å². The number of thiazole rings is 1. The maximum absolute atomic E-state index is 12.6. The Morgan fingerprint density at radius 1 is 1.23 bits per heavy atom. The highest BCUT2D eigenvalue weighted by Gasteiger charge is 2.13. The van der Waals surface area contributed by atoms with Crippen LogP contribution in [0.1, 0.15) is 22.8 Å². The van der Waals surface area contributed by atoms with Crippen molar-refractivity contribution in [2.75, 3.05) is 13.2 Å². The van der Waals surface area contributed by atoms with Crippen LogP contribution in [0.25, 0.3) is 10.2 Å². The molecule has 0 aliphatic heterocycles. The van der Waals surface area contributed by atoms with Gasteiger partial charge in [0.15, 0.2) is 4.80 Å². The first kappa shape index (κ1) is 19.1. The second kappa shape index (κ2) is 8.35. The standard InChI is InChI=1S/C19H18Cl2N2O2S/c1-3-25-9-8-23-17-15(21)10-14(20)11-16(17)26-19(23)22-18(24)13-6-4-12(2)5-7-13/h4-7,10-11H,3,8-9H2,1-2H3. The van der Waals surface area contributed by atoms with Crippen molar-refractivity contribution in [3.05, 3.63) is 62.4 Å². The molecule has 1 heterocycles. The van der Waals surface area contributed by atoms with Crippen LogP contribution in [0.5, 0.6) is 0 Å². The van der Waals surface area contributed by atoms with E-state index < -0.39 is 0 Å². The number of ether oxygens (including phenoxy) is 1. The van der Waals surface area contributed by atoms with E-state index in [2.05, 4.69) is 4.99 Å². The lowest BCUT2D eigenvalue weighted by atomic mass is 10.1. The average molecular weight is 409 g/mol. The van der Waals surface area contributed by atoms with Gasteiger partial charge in [0.05, 0.1) is 21.8 Å². The fourth-order valence-corrected chi connectivity index (χ4v) is 4.41. The van der Waals surface area contributed by atoms with Crippen molar-refractivity contribution in [1.29, 1.82) is 0 Å². The minimum Gasteiger partial charge on any atom is -0.380 e. The Morgan fingerprint density at radius 2 is 1.96 bits per heavy atom. The van der Waals surface area contributed by atoms with Crippen molar-refractivity contribution in [1.82, 2.24) is 4.57 Å². The van der Waals surface area contributed by atoms with E-state index in [4.69, 9.17) is 27.9 Å². The second-order valence-electron chi connectivity index (χ2n) is 5.75. The van der Waals surface area contributed by atoms with E-state index in [1.54, 1.807) is 18.2 Å². The van der Waals surface area contributed by atoms with Crippen LogP contribution in [0.2, 0.25) is 10.0 Å². The summed E-state index contributed by atoms with van der Waals surface area (Å²) in [5, 5.41) is 1.08. The van der Waals surface area contributed by atoms with E-state index >= 15 is 0 Å². The summed E-state index contributed by atoms with van der Waals surface area (Å²) < 4.78 is 8.27. The Balaban J connectivity index is 2.10. The summed E-state index contributed by atoms with van der Waals surface area (Å²) in [4.78, 5) is 17.5. The third kappa shape index (κ3) is 4.18. The smallest absolute Gasteiger partial charge is 0.279 e. The Morgan fingerprint density at radius 3 is 2.65 bits per heavy atom. The molecule has 136 valence electrons. The van der Waals surface area contributed by atoms with Crippen molar-refractivity contribution < 1.29 is 9.53 Å². The van der Waals surface area contributed by atoms with Gasteiger partial charge in [0.2, 0.25) is 0 Å². The fraction of sp³-hybridized carbons (Fsp3) is 0.263. The number of carbonyl (C=O) groups is 1. The number of fused-ring (bicyclic) bond motifs is 1. The molecule has 0 spiro atoms. The molecule has 0 aliphatic carbocycles. The molecule has 3 aromatic rings. The first-order valence-electron chi connectivity index (χ1n) is 8.21. The Bertz CT molecular complexity index is 1010. The Labute approximate surface area is 165 Å². The molecule has 1 amide bonds. The molecule has 4 nitrogen and oxygen atoms in total. The topological polar surface area (TPSA) is 43.6 Å². The molecule has 1 aromatic heterocycles. The number of rotatable bonds is 5. The summed E-state index contributed by atoms with van der Waals surface area (Å²) in [5.41, 5.74) is 2.46. The third-order valence-corrected chi connectivity index (χ3v) is 5.39. The summed E-state index contributed by atoms with van der Waals surface area (Å²) in [5.74, 6) is -0.288. The van der Waals surface area contributed by atoms with Crippen LogP contribution in [0, 0.1) is 6.92 Å². The summed E-state index contributed by atoms with van der Waals surface area (Å²) in [6.07, 6.45) is 0. The molecule has 2 aromatic carbocycles. The number of hydrogen-bond acceptors (Lipinski definition) is 3. The van der Waals surface area contributed by atoms with Gasteiger partial charge in [0.25, 0.3) is 5.91 Å². The zero-order valence-electron chi connectivity index (χ0n) is 14.5. The molecular formula is C19H18Cl2N2O2S. The molecular weight excluding hydrogens is 391 g/mol. The first-order chi connectivity index (χ1) is 12.5. The van der Waals surface area contributed by atoms with E-state index in [9.17, 15) is 4.79 Å². The summed E-state index contributed by atoms with van der Waals surface area (Å²) >= 11 is 13.9. The molecule has 0 unspecified atom stereocenters. The normalized spacial score (nSPS) is 12.1. The molecule has 0 radical (unpaired) electrons. The molecule has 0 saturated heterocycles. The second-order valence-corrected chi connectivity index (χ2v) is 7.60. The van der Waals surface area contributed by atoms with Gasteiger partial charge < -0.3 is 9.30 Å². The summed E-state index contributed by atoms with van der Waals surface area (Å²) in [7, 11) is 0. The van der Waals surface area contributed by atoms with Crippen molar-refractivity contribution in [2.45, 2.75) is 20.4 Å². The summed E-state index contributed by atoms with van der Waals surface area (Å²) in [6, 6.07) is 10.9. The third-order valence-electron chi connectivity index (χ3n) is 3.85. The van der Waals surface area contributed by atoms with Crippen LogP contribution in [0.3, 0.4) is 0 Å². The van der Waals surface area contributed by atoms with E-state index in [0.717, 1.165) is 15.8 Å². The maximum atomic E-state index is 12.6.